The Kier molecular flexibility index (Phi) is 5.02. The van der Waals surface area contributed by atoms with Crippen LogP contribution in [0.5, 0.6) is 0 Å². The highest BCUT2D eigenvalue weighted by Gasteiger charge is 2.28. The largest absolute Gasteiger partial charge is 0.373 e. The predicted octanol–water partition coefficient (Wildman–Crippen LogP) is 1.94. The number of rotatable bonds is 5. The van der Waals surface area contributed by atoms with E-state index in [1.807, 2.05) is 25.3 Å². The van der Waals surface area contributed by atoms with Gasteiger partial charge in [0.2, 0.25) is 5.91 Å². The highest BCUT2D eigenvalue weighted by atomic mass is 16.5. The molecule has 6 nitrogen and oxygen atoms in total. The molecule has 0 spiro atoms. The normalized spacial score (nSPS) is 21.1. The van der Waals surface area contributed by atoms with Crippen LogP contribution in [-0.2, 0) is 16.0 Å². The van der Waals surface area contributed by atoms with Gasteiger partial charge in [-0.3, -0.25) is 14.9 Å². The number of pyridine rings is 1. The minimum absolute atomic E-state index is 0.00356. The second-order valence-corrected chi connectivity index (χ2v) is 6.01. The van der Waals surface area contributed by atoms with E-state index in [4.69, 9.17) is 4.74 Å². The average Bonchev–Trinajstić information content (AvgIpc) is 3.10. The van der Waals surface area contributed by atoms with E-state index < -0.39 is 0 Å². The number of carbonyl (C=O) groups excluding carboxylic acids is 1. The number of hydrogen-bond donors (Lipinski definition) is 2. The van der Waals surface area contributed by atoms with Gasteiger partial charge in [-0.2, -0.15) is 5.10 Å². The number of nitrogens with zero attached hydrogens (tertiary/aromatic N) is 2. The zero-order valence-corrected chi connectivity index (χ0v) is 13.3. The highest BCUT2D eigenvalue weighted by molar-refractivity contribution is 5.78. The molecule has 2 atom stereocenters. The van der Waals surface area contributed by atoms with Crippen molar-refractivity contribution in [3.63, 3.8) is 0 Å². The summed E-state index contributed by atoms with van der Waals surface area (Å²) in [5, 5.41) is 9.85. The van der Waals surface area contributed by atoms with Crippen LogP contribution in [0.3, 0.4) is 0 Å². The monoisotopic (exact) mass is 314 g/mol. The molecule has 1 aliphatic heterocycles. The van der Waals surface area contributed by atoms with Crippen LogP contribution in [0, 0.1) is 12.8 Å². The van der Waals surface area contributed by atoms with E-state index in [2.05, 4.69) is 20.5 Å². The van der Waals surface area contributed by atoms with Crippen LogP contribution in [0.25, 0.3) is 0 Å². The van der Waals surface area contributed by atoms with Crippen LogP contribution in [0.15, 0.2) is 30.7 Å². The number of ether oxygens (including phenoxy) is 1. The van der Waals surface area contributed by atoms with E-state index >= 15 is 0 Å². The molecular weight excluding hydrogens is 292 g/mol. The van der Waals surface area contributed by atoms with Gasteiger partial charge in [0.05, 0.1) is 18.7 Å². The molecule has 1 aliphatic rings. The van der Waals surface area contributed by atoms with Crippen LogP contribution in [-0.4, -0.2) is 34.2 Å². The van der Waals surface area contributed by atoms with E-state index in [-0.39, 0.29) is 17.9 Å². The third-order valence-corrected chi connectivity index (χ3v) is 4.19. The molecule has 0 aromatic carbocycles. The van der Waals surface area contributed by atoms with Crippen LogP contribution >= 0.6 is 0 Å². The first-order chi connectivity index (χ1) is 11.2. The number of amides is 1. The van der Waals surface area contributed by atoms with Gasteiger partial charge in [0.15, 0.2) is 0 Å². The number of nitrogens with one attached hydrogen (secondary N) is 2. The lowest BCUT2D eigenvalue weighted by Crippen LogP contribution is -2.35. The summed E-state index contributed by atoms with van der Waals surface area (Å²) >= 11 is 0. The zero-order valence-electron chi connectivity index (χ0n) is 13.3. The standard InChI is InChI=1S/C17H22N4O2/c1-12-4-5-13(8-18-12)7-16(22)19-9-14-3-2-6-23-17(14)15-10-20-21-11-15/h4-5,8,10-11,14,17H,2-3,6-7,9H2,1H3,(H,19,22)(H,20,21)/t14-,17+/m0/s1. The molecular formula is C17H22N4O2. The summed E-state index contributed by atoms with van der Waals surface area (Å²) in [6.45, 7) is 3.31. The SMILES string of the molecule is Cc1ccc(CC(=O)NC[C@@H]2CCCO[C@H]2c2cn[nH]c2)cn1. The number of aromatic nitrogens is 3. The Hall–Kier alpha value is -2.21. The minimum atomic E-state index is 0.00356. The van der Waals surface area contributed by atoms with E-state index in [9.17, 15) is 4.79 Å². The van der Waals surface area contributed by atoms with Gasteiger partial charge in [0.25, 0.3) is 0 Å². The van der Waals surface area contributed by atoms with Gasteiger partial charge in [-0.1, -0.05) is 6.07 Å². The summed E-state index contributed by atoms with van der Waals surface area (Å²) in [5.41, 5.74) is 2.93. The van der Waals surface area contributed by atoms with Crippen molar-refractivity contribution in [2.75, 3.05) is 13.2 Å². The van der Waals surface area contributed by atoms with Crippen LogP contribution in [0.1, 0.15) is 35.8 Å². The number of aryl methyl sites for hydroxylation is 1. The summed E-state index contributed by atoms with van der Waals surface area (Å²) in [7, 11) is 0. The summed E-state index contributed by atoms with van der Waals surface area (Å²) in [6.07, 6.45) is 7.85. The molecule has 23 heavy (non-hydrogen) atoms. The Morgan fingerprint density at radius 2 is 2.35 bits per heavy atom. The number of H-pyrrole nitrogens is 1. The van der Waals surface area contributed by atoms with Crippen molar-refractivity contribution in [2.24, 2.45) is 5.92 Å². The second kappa shape index (κ2) is 7.37. The molecule has 0 bridgehead atoms. The smallest absolute Gasteiger partial charge is 0.224 e. The van der Waals surface area contributed by atoms with Crippen molar-refractivity contribution in [2.45, 2.75) is 32.3 Å². The molecule has 3 heterocycles. The van der Waals surface area contributed by atoms with Gasteiger partial charge in [0.1, 0.15) is 0 Å². The van der Waals surface area contributed by atoms with Crippen molar-refractivity contribution >= 4 is 5.91 Å². The van der Waals surface area contributed by atoms with Gasteiger partial charge in [-0.05, 0) is 31.4 Å². The van der Waals surface area contributed by atoms with Gasteiger partial charge < -0.3 is 10.1 Å². The van der Waals surface area contributed by atoms with Gasteiger partial charge in [0, 0.05) is 42.7 Å². The molecule has 2 aromatic heterocycles. The molecule has 0 saturated carbocycles. The fourth-order valence-corrected chi connectivity index (χ4v) is 2.93. The van der Waals surface area contributed by atoms with Gasteiger partial charge in [-0.25, -0.2) is 0 Å². The maximum atomic E-state index is 12.1. The van der Waals surface area contributed by atoms with Crippen molar-refractivity contribution in [3.8, 4) is 0 Å². The number of carbonyl (C=O) groups is 1. The molecule has 2 aromatic rings. The first kappa shape index (κ1) is 15.7. The lowest BCUT2D eigenvalue weighted by molar-refractivity contribution is -0.121. The summed E-state index contributed by atoms with van der Waals surface area (Å²) in [4.78, 5) is 16.4. The maximum absolute atomic E-state index is 12.1. The van der Waals surface area contributed by atoms with Crippen molar-refractivity contribution in [3.05, 3.63) is 47.5 Å². The number of hydrogen-bond acceptors (Lipinski definition) is 4. The van der Waals surface area contributed by atoms with E-state index in [0.29, 0.717) is 13.0 Å². The molecule has 0 radical (unpaired) electrons. The quantitative estimate of drug-likeness (QED) is 0.884. The molecule has 2 N–H and O–H groups in total. The molecule has 1 fully saturated rings. The molecule has 122 valence electrons. The molecule has 0 aliphatic carbocycles. The van der Waals surface area contributed by atoms with E-state index in [0.717, 1.165) is 36.3 Å². The summed E-state index contributed by atoms with van der Waals surface area (Å²) in [6, 6.07) is 3.87. The topological polar surface area (TPSA) is 79.9 Å². The van der Waals surface area contributed by atoms with E-state index in [1.54, 1.807) is 12.4 Å². The predicted molar refractivity (Wildman–Crippen MR) is 85.7 cm³/mol. The Morgan fingerprint density at radius 3 is 3.09 bits per heavy atom. The van der Waals surface area contributed by atoms with E-state index in [1.165, 1.54) is 0 Å². The molecule has 1 amide bonds. The maximum Gasteiger partial charge on any atom is 0.224 e. The Morgan fingerprint density at radius 1 is 1.43 bits per heavy atom. The molecule has 1 saturated heterocycles. The van der Waals surface area contributed by atoms with Gasteiger partial charge in [-0.15, -0.1) is 0 Å². The van der Waals surface area contributed by atoms with Crippen molar-refractivity contribution in [1.82, 2.24) is 20.5 Å². The molecule has 0 unspecified atom stereocenters. The Labute approximate surface area is 135 Å². The first-order valence-electron chi connectivity index (χ1n) is 8.01. The fraction of sp³-hybridized carbons (Fsp3) is 0.471. The molecule has 6 heteroatoms. The first-order valence-corrected chi connectivity index (χ1v) is 8.01. The fourth-order valence-electron chi connectivity index (χ4n) is 2.93. The van der Waals surface area contributed by atoms with Crippen molar-refractivity contribution in [1.29, 1.82) is 0 Å². The average molecular weight is 314 g/mol. The third-order valence-electron chi connectivity index (χ3n) is 4.19. The third kappa shape index (κ3) is 4.16. The second-order valence-electron chi connectivity index (χ2n) is 6.01. The van der Waals surface area contributed by atoms with Crippen molar-refractivity contribution < 1.29 is 9.53 Å². The lowest BCUT2D eigenvalue weighted by Gasteiger charge is -2.31. The lowest BCUT2D eigenvalue weighted by atomic mass is 9.91. The van der Waals surface area contributed by atoms with Crippen LogP contribution < -0.4 is 5.32 Å². The highest BCUT2D eigenvalue weighted by Crippen LogP contribution is 2.32. The van der Waals surface area contributed by atoms with Crippen LogP contribution in [0.2, 0.25) is 0 Å². The van der Waals surface area contributed by atoms with Crippen LogP contribution in [0.4, 0.5) is 0 Å². The minimum Gasteiger partial charge on any atom is -0.373 e. The summed E-state index contributed by atoms with van der Waals surface area (Å²) < 4.78 is 5.88. The molecule has 3 rings (SSSR count). The Balaban J connectivity index is 1.53. The summed E-state index contributed by atoms with van der Waals surface area (Å²) in [5.74, 6) is 0.300. The van der Waals surface area contributed by atoms with Gasteiger partial charge >= 0.3 is 0 Å². The number of aromatic amines is 1. The zero-order chi connectivity index (χ0) is 16.1. The Bertz CT molecular complexity index is 625.